The van der Waals surface area contributed by atoms with Gasteiger partial charge in [-0.2, -0.15) is 13.2 Å². The first-order valence-electron chi connectivity index (χ1n) is 14.6. The third-order valence-electron chi connectivity index (χ3n) is 9.37. The van der Waals surface area contributed by atoms with Gasteiger partial charge in [0.2, 0.25) is 0 Å². The zero-order valence-electron chi connectivity index (χ0n) is 23.5. The van der Waals surface area contributed by atoms with E-state index in [9.17, 15) is 26.4 Å². The number of carbonyl (C=O) groups is 1. The Morgan fingerprint density at radius 1 is 0.818 bits per heavy atom. The predicted molar refractivity (Wildman–Crippen MR) is 163 cm³/mol. The van der Waals surface area contributed by atoms with Crippen LogP contribution in [0.4, 0.5) is 30.2 Å². The molecule has 2 saturated carbocycles. The standard InChI is InChI=1S/C34H30F3N3O3S/c35-34(36,37)24-7-4-8-26(19-24)40-44(42,43)27-14-12-25(13-15-27)38-33(41)23-11-16-29-28(18-23)30-21-9-10-22(17-21)31(30)32(39-29)20-5-2-1-3-6-20/h1-8,11-16,18-19,21-22,30-32,39-40H,9-10,17H2,(H,38,41)/t21-,22-,30-,31-,32+/m0/s1. The summed E-state index contributed by atoms with van der Waals surface area (Å²) in [5, 5.41) is 6.63. The second-order valence-electron chi connectivity index (χ2n) is 11.9. The van der Waals surface area contributed by atoms with E-state index in [0.29, 0.717) is 34.9 Å². The number of benzene rings is 4. The van der Waals surface area contributed by atoms with Crippen LogP contribution in [0.15, 0.2) is 102 Å². The maximum Gasteiger partial charge on any atom is 0.416 e. The highest BCUT2D eigenvalue weighted by Gasteiger charge is 2.53. The highest BCUT2D eigenvalue weighted by atomic mass is 32.2. The summed E-state index contributed by atoms with van der Waals surface area (Å²) in [5.41, 5.74) is 3.29. The van der Waals surface area contributed by atoms with E-state index in [1.54, 1.807) is 6.07 Å². The van der Waals surface area contributed by atoms with Crippen molar-refractivity contribution in [2.45, 2.75) is 42.3 Å². The van der Waals surface area contributed by atoms with Crippen molar-refractivity contribution in [1.29, 1.82) is 0 Å². The van der Waals surface area contributed by atoms with Gasteiger partial charge in [0.05, 0.1) is 16.5 Å². The number of hydrogen-bond donors (Lipinski definition) is 3. The van der Waals surface area contributed by atoms with Crippen molar-refractivity contribution in [3.05, 3.63) is 119 Å². The summed E-state index contributed by atoms with van der Waals surface area (Å²) >= 11 is 0. The van der Waals surface area contributed by atoms with E-state index in [4.69, 9.17) is 0 Å². The van der Waals surface area contributed by atoms with Crippen LogP contribution in [0.3, 0.4) is 0 Å². The van der Waals surface area contributed by atoms with Crippen LogP contribution in [-0.2, 0) is 16.2 Å². The van der Waals surface area contributed by atoms with Crippen molar-refractivity contribution < 1.29 is 26.4 Å². The molecular formula is C34H30F3N3O3S. The minimum Gasteiger partial charge on any atom is -0.378 e. The molecule has 0 saturated heterocycles. The zero-order chi connectivity index (χ0) is 30.6. The smallest absolute Gasteiger partial charge is 0.378 e. The highest BCUT2D eigenvalue weighted by Crippen LogP contribution is 2.63. The summed E-state index contributed by atoms with van der Waals surface area (Å²) in [6.07, 6.45) is -0.929. The van der Waals surface area contributed by atoms with E-state index in [1.807, 2.05) is 18.2 Å². The first kappa shape index (κ1) is 28.5. The molecule has 2 bridgehead atoms. The van der Waals surface area contributed by atoms with Gasteiger partial charge in [-0.3, -0.25) is 9.52 Å². The fraction of sp³-hybridized carbons (Fsp3) is 0.265. The molecule has 44 heavy (non-hydrogen) atoms. The Balaban J connectivity index is 1.08. The Morgan fingerprint density at radius 3 is 2.32 bits per heavy atom. The van der Waals surface area contributed by atoms with Crippen LogP contribution in [-0.4, -0.2) is 14.3 Å². The number of sulfonamides is 1. The number of amides is 1. The summed E-state index contributed by atoms with van der Waals surface area (Å²) < 4.78 is 66.9. The molecule has 1 heterocycles. The van der Waals surface area contributed by atoms with Crippen molar-refractivity contribution in [2.75, 3.05) is 15.4 Å². The van der Waals surface area contributed by atoms with Crippen molar-refractivity contribution in [3.63, 3.8) is 0 Å². The van der Waals surface area contributed by atoms with E-state index in [0.717, 1.165) is 23.9 Å². The van der Waals surface area contributed by atoms with Crippen LogP contribution in [0.1, 0.15) is 58.3 Å². The molecule has 7 rings (SSSR count). The summed E-state index contributed by atoms with van der Waals surface area (Å²) in [6.45, 7) is 0. The number of halogens is 3. The molecule has 4 aromatic carbocycles. The van der Waals surface area contributed by atoms with Gasteiger partial charge in [0.1, 0.15) is 0 Å². The Morgan fingerprint density at radius 2 is 1.57 bits per heavy atom. The van der Waals surface area contributed by atoms with Gasteiger partial charge in [-0.05, 0) is 115 Å². The molecule has 2 fully saturated rings. The van der Waals surface area contributed by atoms with Crippen molar-refractivity contribution in [3.8, 4) is 0 Å². The Hall–Kier alpha value is -4.31. The third-order valence-corrected chi connectivity index (χ3v) is 10.8. The summed E-state index contributed by atoms with van der Waals surface area (Å²) in [6, 6.07) is 26.1. The van der Waals surface area contributed by atoms with Crippen LogP contribution >= 0.6 is 0 Å². The lowest BCUT2D eigenvalue weighted by atomic mass is 9.68. The van der Waals surface area contributed by atoms with Crippen LogP contribution in [0.2, 0.25) is 0 Å². The minimum atomic E-state index is -4.60. The third kappa shape index (κ3) is 5.21. The second kappa shape index (κ2) is 10.7. The fourth-order valence-corrected chi connectivity index (χ4v) is 8.56. The van der Waals surface area contributed by atoms with E-state index in [1.165, 1.54) is 60.7 Å². The van der Waals surface area contributed by atoms with E-state index < -0.39 is 21.8 Å². The topological polar surface area (TPSA) is 87.3 Å². The number of fused-ring (bicyclic) bond motifs is 7. The van der Waals surface area contributed by atoms with Gasteiger partial charge >= 0.3 is 6.18 Å². The van der Waals surface area contributed by atoms with E-state index >= 15 is 0 Å². The largest absolute Gasteiger partial charge is 0.416 e. The Labute approximate surface area is 253 Å². The molecule has 0 spiro atoms. The number of rotatable bonds is 6. The summed E-state index contributed by atoms with van der Waals surface area (Å²) in [5.74, 6) is 1.81. The Kier molecular flexibility index (Phi) is 6.92. The lowest BCUT2D eigenvalue weighted by Gasteiger charge is -2.43. The van der Waals surface area contributed by atoms with E-state index in [2.05, 4.69) is 39.6 Å². The average molecular weight is 618 g/mol. The molecule has 5 atom stereocenters. The van der Waals surface area contributed by atoms with Gasteiger partial charge in [-0.25, -0.2) is 8.42 Å². The molecule has 3 N–H and O–H groups in total. The van der Waals surface area contributed by atoms with Crippen molar-refractivity contribution in [2.24, 2.45) is 17.8 Å². The molecule has 10 heteroatoms. The Bertz CT molecular complexity index is 1830. The van der Waals surface area contributed by atoms with E-state index in [-0.39, 0.29) is 22.5 Å². The van der Waals surface area contributed by atoms with Crippen molar-refractivity contribution in [1.82, 2.24) is 0 Å². The summed E-state index contributed by atoms with van der Waals surface area (Å²) in [4.78, 5) is 13.2. The maximum absolute atomic E-state index is 13.3. The molecule has 1 amide bonds. The van der Waals surface area contributed by atoms with Crippen LogP contribution in [0.5, 0.6) is 0 Å². The lowest BCUT2D eigenvalue weighted by molar-refractivity contribution is -0.137. The van der Waals surface area contributed by atoms with Gasteiger partial charge in [0, 0.05) is 22.6 Å². The molecule has 4 aromatic rings. The van der Waals surface area contributed by atoms with Gasteiger partial charge < -0.3 is 10.6 Å². The van der Waals surface area contributed by atoms with Gasteiger partial charge in [-0.15, -0.1) is 0 Å². The SMILES string of the molecule is O=C(Nc1ccc(S(=O)(=O)Nc2cccc(C(F)(F)F)c2)cc1)c1ccc2c(c1)[C@@H]1[C@H]3CC[C@@H](C3)[C@@H]1[C@@H](c1ccccc1)N2. The van der Waals surface area contributed by atoms with Gasteiger partial charge in [-0.1, -0.05) is 36.4 Å². The fourth-order valence-electron chi connectivity index (χ4n) is 7.51. The zero-order valence-corrected chi connectivity index (χ0v) is 24.3. The number of alkyl halides is 3. The molecule has 1 aliphatic heterocycles. The number of hydrogen-bond acceptors (Lipinski definition) is 4. The molecule has 0 unspecified atom stereocenters. The quantitative estimate of drug-likeness (QED) is 0.204. The normalized spacial score (nSPS) is 23.8. The van der Waals surface area contributed by atoms with Gasteiger partial charge in [0.15, 0.2) is 0 Å². The number of carbonyl (C=O) groups excluding carboxylic acids is 1. The first-order chi connectivity index (χ1) is 21.1. The molecule has 3 aliphatic rings. The summed E-state index contributed by atoms with van der Waals surface area (Å²) in [7, 11) is -4.16. The molecule has 0 aromatic heterocycles. The molecule has 0 radical (unpaired) electrons. The highest BCUT2D eigenvalue weighted by molar-refractivity contribution is 7.92. The van der Waals surface area contributed by atoms with Crippen molar-refractivity contribution >= 4 is 33.0 Å². The van der Waals surface area contributed by atoms with Crippen LogP contribution < -0.4 is 15.4 Å². The minimum absolute atomic E-state index is 0.150. The first-order valence-corrected chi connectivity index (χ1v) is 16.1. The predicted octanol–water partition coefficient (Wildman–Crippen LogP) is 8.06. The lowest BCUT2D eigenvalue weighted by Crippen LogP contribution is -2.35. The van der Waals surface area contributed by atoms with Crippen LogP contribution in [0, 0.1) is 17.8 Å². The molecule has 2 aliphatic carbocycles. The monoisotopic (exact) mass is 617 g/mol. The maximum atomic E-state index is 13.3. The van der Waals surface area contributed by atoms with Gasteiger partial charge in [0.25, 0.3) is 15.9 Å². The molecule has 6 nitrogen and oxygen atoms in total. The average Bonchev–Trinajstić information content (AvgIpc) is 3.64. The second-order valence-corrected chi connectivity index (χ2v) is 13.6. The number of nitrogens with one attached hydrogen (secondary N) is 3. The molecule has 226 valence electrons. The number of anilines is 3. The molecular weight excluding hydrogens is 587 g/mol. The van der Waals surface area contributed by atoms with Crippen LogP contribution in [0.25, 0.3) is 0 Å².